The Balaban J connectivity index is 1.22. The number of piperazine rings is 1. The molecule has 5 rings (SSSR count). The van der Waals surface area contributed by atoms with Crippen LogP contribution in [0.2, 0.25) is 0 Å². The lowest BCUT2D eigenvalue weighted by Gasteiger charge is -2.38. The third-order valence-corrected chi connectivity index (χ3v) is 6.13. The number of anilines is 1. The van der Waals surface area contributed by atoms with Crippen molar-refractivity contribution in [1.82, 2.24) is 14.7 Å². The average Bonchev–Trinajstić information content (AvgIpc) is 2.99. The minimum Gasteiger partial charge on any atom is -0.486 e. The fraction of sp³-hybridized carbons (Fsp3) is 0.600. The first-order valence-electron chi connectivity index (χ1n) is 10.2. The van der Waals surface area contributed by atoms with Gasteiger partial charge in [-0.2, -0.15) is 0 Å². The lowest BCUT2D eigenvalue weighted by Crippen LogP contribution is -2.51. The van der Waals surface area contributed by atoms with E-state index in [2.05, 4.69) is 15.9 Å². The van der Waals surface area contributed by atoms with Crippen LogP contribution < -0.4 is 14.4 Å². The van der Waals surface area contributed by atoms with E-state index in [-0.39, 0.29) is 18.0 Å². The smallest absolute Gasteiger partial charge is 0.328 e. The number of hydrogen-bond acceptors (Lipinski definition) is 6. The zero-order chi connectivity index (χ0) is 19.1. The number of para-hydroxylation sites is 1. The fourth-order valence-electron chi connectivity index (χ4n) is 4.61. The predicted octanol–water partition coefficient (Wildman–Crippen LogP) is 1.35. The van der Waals surface area contributed by atoms with Gasteiger partial charge < -0.3 is 19.3 Å². The zero-order valence-corrected chi connectivity index (χ0v) is 16.0. The first-order valence-corrected chi connectivity index (χ1v) is 10.2. The number of nitrogens with zero attached hydrogens (tertiary/aromatic N) is 4. The summed E-state index contributed by atoms with van der Waals surface area (Å²) < 4.78 is 11.5. The summed E-state index contributed by atoms with van der Waals surface area (Å²) in [7, 11) is 0. The number of carbonyl (C=O) groups excluding carboxylic acids is 2. The molecule has 1 unspecified atom stereocenters. The number of fused-ring (bicyclic) bond motifs is 2. The van der Waals surface area contributed by atoms with Crippen molar-refractivity contribution in [2.45, 2.75) is 25.3 Å². The van der Waals surface area contributed by atoms with E-state index in [4.69, 9.17) is 9.47 Å². The van der Waals surface area contributed by atoms with Crippen LogP contribution in [0.3, 0.4) is 0 Å². The highest BCUT2D eigenvalue weighted by Crippen LogP contribution is 2.39. The number of ether oxygens (including phenoxy) is 2. The number of hydrogen-bond donors (Lipinski definition) is 0. The van der Waals surface area contributed by atoms with Crippen LogP contribution in [0, 0.1) is 0 Å². The molecule has 0 saturated carbocycles. The van der Waals surface area contributed by atoms with E-state index >= 15 is 0 Å². The Morgan fingerprint density at radius 2 is 1.79 bits per heavy atom. The number of piperidine rings is 1. The lowest BCUT2D eigenvalue weighted by molar-refractivity contribution is -0.130. The quantitative estimate of drug-likeness (QED) is 0.731. The van der Waals surface area contributed by atoms with Crippen molar-refractivity contribution >= 4 is 17.6 Å². The summed E-state index contributed by atoms with van der Waals surface area (Å²) >= 11 is 0. The molecule has 8 nitrogen and oxygen atoms in total. The summed E-state index contributed by atoms with van der Waals surface area (Å²) in [4.78, 5) is 33.0. The van der Waals surface area contributed by atoms with E-state index in [1.807, 2.05) is 12.1 Å². The Morgan fingerprint density at radius 1 is 0.964 bits per heavy atom. The molecule has 3 amide bonds. The molecule has 4 aliphatic rings. The van der Waals surface area contributed by atoms with E-state index in [9.17, 15) is 9.59 Å². The van der Waals surface area contributed by atoms with Gasteiger partial charge in [-0.15, -0.1) is 0 Å². The second-order valence-corrected chi connectivity index (χ2v) is 7.80. The number of imide groups is 1. The van der Waals surface area contributed by atoms with Gasteiger partial charge in [0.15, 0.2) is 11.5 Å². The summed E-state index contributed by atoms with van der Waals surface area (Å²) in [6.07, 6.45) is 2.82. The molecule has 8 heteroatoms. The van der Waals surface area contributed by atoms with Crippen LogP contribution in [0.25, 0.3) is 0 Å². The Kier molecular flexibility index (Phi) is 4.50. The number of carbonyl (C=O) groups is 2. The van der Waals surface area contributed by atoms with Crippen molar-refractivity contribution in [3.63, 3.8) is 0 Å². The van der Waals surface area contributed by atoms with Crippen molar-refractivity contribution in [2.75, 3.05) is 57.5 Å². The monoisotopic (exact) mass is 386 g/mol. The lowest BCUT2D eigenvalue weighted by atomic mass is 10.0. The van der Waals surface area contributed by atoms with Gasteiger partial charge >= 0.3 is 6.03 Å². The largest absolute Gasteiger partial charge is 0.486 e. The van der Waals surface area contributed by atoms with E-state index in [0.29, 0.717) is 26.4 Å². The first-order chi connectivity index (χ1) is 13.7. The normalized spacial score (nSPS) is 25.3. The molecule has 0 spiro atoms. The Bertz CT molecular complexity index is 753. The molecule has 28 heavy (non-hydrogen) atoms. The third kappa shape index (κ3) is 2.96. The highest BCUT2D eigenvalue weighted by atomic mass is 16.6. The van der Waals surface area contributed by atoms with E-state index in [1.54, 1.807) is 4.90 Å². The molecule has 0 aromatic heterocycles. The van der Waals surface area contributed by atoms with Crippen molar-refractivity contribution in [2.24, 2.45) is 0 Å². The van der Waals surface area contributed by atoms with Crippen LogP contribution in [-0.4, -0.2) is 85.3 Å². The van der Waals surface area contributed by atoms with Crippen molar-refractivity contribution in [3.8, 4) is 11.5 Å². The molecule has 0 radical (unpaired) electrons. The van der Waals surface area contributed by atoms with Gasteiger partial charge in [-0.3, -0.25) is 9.69 Å². The minimum absolute atomic E-state index is 0.0187. The fourth-order valence-corrected chi connectivity index (χ4v) is 4.61. The molecule has 0 bridgehead atoms. The summed E-state index contributed by atoms with van der Waals surface area (Å²) in [5.41, 5.74) is 1.06. The second kappa shape index (κ2) is 7.16. The molecule has 1 atom stereocenters. The van der Waals surface area contributed by atoms with Gasteiger partial charge in [0.05, 0.1) is 12.4 Å². The van der Waals surface area contributed by atoms with E-state index < -0.39 is 0 Å². The van der Waals surface area contributed by atoms with Gasteiger partial charge in [0.25, 0.3) is 5.91 Å². The number of amides is 3. The minimum atomic E-state index is -0.226. The van der Waals surface area contributed by atoms with E-state index in [0.717, 1.165) is 62.6 Å². The third-order valence-electron chi connectivity index (χ3n) is 6.13. The number of rotatable bonds is 3. The van der Waals surface area contributed by atoms with Crippen molar-refractivity contribution in [3.05, 3.63) is 18.2 Å². The highest BCUT2D eigenvalue weighted by Gasteiger charge is 2.46. The second-order valence-electron chi connectivity index (χ2n) is 7.80. The molecule has 4 aliphatic heterocycles. The maximum absolute atomic E-state index is 12.7. The van der Waals surface area contributed by atoms with Gasteiger partial charge in [0.2, 0.25) is 0 Å². The van der Waals surface area contributed by atoms with Gasteiger partial charge in [-0.1, -0.05) is 6.07 Å². The molecule has 0 N–H and O–H groups in total. The molecule has 1 aromatic rings. The topological polar surface area (TPSA) is 65.6 Å². The van der Waals surface area contributed by atoms with Gasteiger partial charge in [-0.25, -0.2) is 9.69 Å². The SMILES string of the molecule is O=C1C2CCCCN2C(=O)N1CN1CCN(c2cccc3c2OCCO3)CC1. The Hall–Kier alpha value is -2.48. The van der Waals surface area contributed by atoms with Crippen LogP contribution in [-0.2, 0) is 4.79 Å². The maximum atomic E-state index is 12.7. The van der Waals surface area contributed by atoms with Gasteiger partial charge in [0, 0.05) is 32.7 Å². The van der Waals surface area contributed by atoms with Crippen LogP contribution in [0.15, 0.2) is 18.2 Å². The van der Waals surface area contributed by atoms with Crippen LogP contribution >= 0.6 is 0 Å². The van der Waals surface area contributed by atoms with Crippen LogP contribution in [0.1, 0.15) is 19.3 Å². The van der Waals surface area contributed by atoms with Crippen molar-refractivity contribution in [1.29, 1.82) is 0 Å². The molecule has 3 saturated heterocycles. The highest BCUT2D eigenvalue weighted by molar-refractivity contribution is 6.04. The Labute approximate surface area is 164 Å². The standard InChI is InChI=1S/C20H26N4O4/c25-19-16-4-1-2-7-23(16)20(26)24(19)14-21-8-10-22(11-9-21)15-5-3-6-17-18(15)28-13-12-27-17/h3,5-6,16H,1-2,4,7-14H2. The molecule has 0 aliphatic carbocycles. The summed E-state index contributed by atoms with van der Waals surface area (Å²) in [6, 6.07) is 5.66. The molecule has 150 valence electrons. The van der Waals surface area contributed by atoms with Crippen LogP contribution in [0.5, 0.6) is 11.5 Å². The molecular formula is C20H26N4O4. The molecule has 1 aromatic carbocycles. The first kappa shape index (κ1) is 17.6. The summed E-state index contributed by atoms with van der Waals surface area (Å²) in [5.74, 6) is 1.61. The number of urea groups is 1. The molecule has 4 heterocycles. The molecular weight excluding hydrogens is 360 g/mol. The summed E-state index contributed by atoms with van der Waals surface area (Å²) in [6.45, 7) is 5.50. The van der Waals surface area contributed by atoms with E-state index in [1.165, 1.54) is 4.90 Å². The molecule has 3 fully saturated rings. The van der Waals surface area contributed by atoms with Gasteiger partial charge in [0.1, 0.15) is 19.3 Å². The maximum Gasteiger partial charge on any atom is 0.328 e. The van der Waals surface area contributed by atoms with Crippen molar-refractivity contribution < 1.29 is 19.1 Å². The summed E-state index contributed by atoms with van der Waals surface area (Å²) in [5, 5.41) is 0. The Morgan fingerprint density at radius 3 is 2.61 bits per heavy atom. The average molecular weight is 386 g/mol. The zero-order valence-electron chi connectivity index (χ0n) is 16.0. The van der Waals surface area contributed by atoms with Gasteiger partial charge in [-0.05, 0) is 31.4 Å². The number of benzene rings is 1. The predicted molar refractivity (Wildman–Crippen MR) is 103 cm³/mol. The van der Waals surface area contributed by atoms with Crippen LogP contribution in [0.4, 0.5) is 10.5 Å².